The highest BCUT2D eigenvalue weighted by Gasteiger charge is 2.25. The first-order valence-corrected chi connectivity index (χ1v) is 13.0. The molecule has 0 bridgehead atoms. The molecule has 0 radical (unpaired) electrons. The summed E-state index contributed by atoms with van der Waals surface area (Å²) < 4.78 is 32.6. The van der Waals surface area contributed by atoms with Crippen molar-refractivity contribution in [2.45, 2.75) is 37.2 Å². The Kier molecular flexibility index (Phi) is 7.41. The lowest BCUT2D eigenvalue weighted by molar-refractivity contribution is -0.117. The number of piperidine rings is 1. The van der Waals surface area contributed by atoms with Gasteiger partial charge in [-0.2, -0.15) is 4.31 Å². The number of hydrogen-bond acceptors (Lipinski definition) is 6. The molecule has 4 rings (SSSR count). The van der Waals surface area contributed by atoms with Crippen LogP contribution in [0.2, 0.25) is 0 Å². The molecule has 0 spiro atoms. The molecule has 170 valence electrons. The highest BCUT2D eigenvalue weighted by Crippen LogP contribution is 2.22. The maximum atomic E-state index is 12.8. The third-order valence-corrected chi connectivity index (χ3v) is 8.15. The van der Waals surface area contributed by atoms with Crippen molar-refractivity contribution < 1.29 is 17.6 Å². The summed E-state index contributed by atoms with van der Waals surface area (Å²) in [5, 5.41) is 4.89. The van der Waals surface area contributed by atoms with E-state index in [4.69, 9.17) is 4.42 Å². The molecule has 1 saturated heterocycles. The first-order chi connectivity index (χ1) is 15.5. The van der Waals surface area contributed by atoms with Crippen molar-refractivity contribution in [2.24, 2.45) is 0 Å². The number of hydrogen-bond donors (Lipinski definition) is 1. The monoisotopic (exact) mass is 473 g/mol. The second-order valence-corrected chi connectivity index (χ2v) is 10.8. The van der Waals surface area contributed by atoms with Crippen LogP contribution in [0.5, 0.6) is 0 Å². The van der Waals surface area contributed by atoms with Gasteiger partial charge in [0, 0.05) is 30.2 Å². The lowest BCUT2D eigenvalue weighted by Crippen LogP contribution is -2.35. The highest BCUT2D eigenvalue weighted by atomic mass is 32.2. The fourth-order valence-corrected chi connectivity index (χ4v) is 6.04. The Labute approximate surface area is 192 Å². The normalized spacial score (nSPS) is 15.2. The van der Waals surface area contributed by atoms with E-state index in [1.165, 1.54) is 0 Å². The molecule has 0 atom stereocenters. The summed E-state index contributed by atoms with van der Waals surface area (Å²) in [7, 11) is -3.48. The van der Waals surface area contributed by atoms with E-state index in [-0.39, 0.29) is 17.3 Å². The molecule has 1 aliphatic heterocycles. The van der Waals surface area contributed by atoms with Gasteiger partial charge in [0.15, 0.2) is 0 Å². The van der Waals surface area contributed by atoms with E-state index in [2.05, 4.69) is 5.32 Å². The van der Waals surface area contributed by atoms with Gasteiger partial charge in [-0.05, 0) is 60.7 Å². The van der Waals surface area contributed by atoms with Crippen molar-refractivity contribution >= 4 is 33.0 Å². The summed E-state index contributed by atoms with van der Waals surface area (Å²) in [5.41, 5.74) is 0.571. The van der Waals surface area contributed by atoms with Crippen LogP contribution in [0.15, 0.2) is 69.5 Å². The average Bonchev–Trinajstić information content (AvgIpc) is 3.49. The Morgan fingerprint density at radius 2 is 1.81 bits per heavy atom. The minimum Gasteiger partial charge on any atom is -0.468 e. The smallest absolute Gasteiger partial charge is 0.243 e. The Balaban J connectivity index is 1.38. The standard InChI is InChI=1S/C23H27N3O4S2/c27-23(18-25(16-20-6-4-14-30-20)17-21-7-5-15-31-21)24-19-8-10-22(11-9-19)32(28,29)26-12-2-1-3-13-26/h4-11,14-15H,1-3,12-13,16-18H2,(H,24,27). The van der Waals surface area contributed by atoms with E-state index in [1.807, 2.05) is 34.5 Å². The largest absolute Gasteiger partial charge is 0.468 e. The number of amides is 1. The minimum atomic E-state index is -3.48. The van der Waals surface area contributed by atoms with Gasteiger partial charge < -0.3 is 9.73 Å². The third-order valence-electron chi connectivity index (χ3n) is 5.38. The summed E-state index contributed by atoms with van der Waals surface area (Å²) in [4.78, 5) is 16.1. The van der Waals surface area contributed by atoms with Gasteiger partial charge in [0.1, 0.15) is 5.76 Å². The second-order valence-electron chi connectivity index (χ2n) is 7.84. The molecule has 9 heteroatoms. The van der Waals surface area contributed by atoms with Crippen LogP contribution in [-0.4, -0.2) is 43.2 Å². The van der Waals surface area contributed by atoms with Crippen molar-refractivity contribution in [1.29, 1.82) is 0 Å². The lowest BCUT2D eigenvalue weighted by Gasteiger charge is -2.25. The Bertz CT molecular complexity index is 1050. The summed E-state index contributed by atoms with van der Waals surface area (Å²) in [6.45, 7) is 2.48. The number of thiophene rings is 1. The van der Waals surface area contributed by atoms with Crippen molar-refractivity contribution in [3.05, 3.63) is 70.8 Å². The van der Waals surface area contributed by atoms with Crippen LogP contribution in [0.3, 0.4) is 0 Å². The third kappa shape index (κ3) is 5.86. The molecular weight excluding hydrogens is 446 g/mol. The number of furan rings is 1. The minimum absolute atomic E-state index is 0.167. The van der Waals surface area contributed by atoms with E-state index in [1.54, 1.807) is 46.2 Å². The van der Waals surface area contributed by atoms with Gasteiger partial charge in [-0.3, -0.25) is 9.69 Å². The topological polar surface area (TPSA) is 82.9 Å². The molecule has 2 aromatic heterocycles. The van der Waals surface area contributed by atoms with Crippen LogP contribution in [0.25, 0.3) is 0 Å². The summed E-state index contributed by atoms with van der Waals surface area (Å²) in [6.07, 6.45) is 4.49. The molecule has 32 heavy (non-hydrogen) atoms. The lowest BCUT2D eigenvalue weighted by atomic mass is 10.2. The van der Waals surface area contributed by atoms with E-state index < -0.39 is 10.0 Å². The number of anilines is 1. The summed E-state index contributed by atoms with van der Waals surface area (Å²) in [5.74, 6) is 0.626. The molecule has 1 fully saturated rings. The molecule has 1 amide bonds. The number of benzene rings is 1. The molecule has 1 aliphatic rings. The average molecular weight is 474 g/mol. The van der Waals surface area contributed by atoms with E-state index >= 15 is 0 Å². The van der Waals surface area contributed by atoms with Gasteiger partial charge in [-0.1, -0.05) is 12.5 Å². The Hall–Kier alpha value is -2.46. The highest BCUT2D eigenvalue weighted by molar-refractivity contribution is 7.89. The van der Waals surface area contributed by atoms with E-state index in [0.717, 1.165) is 29.9 Å². The summed E-state index contributed by atoms with van der Waals surface area (Å²) >= 11 is 1.65. The number of nitrogens with one attached hydrogen (secondary N) is 1. The van der Waals surface area contributed by atoms with Crippen LogP contribution in [-0.2, 0) is 27.9 Å². The van der Waals surface area contributed by atoms with Gasteiger partial charge >= 0.3 is 0 Å². The molecule has 7 nitrogen and oxygen atoms in total. The molecule has 3 aromatic rings. The fraction of sp³-hybridized carbons (Fsp3) is 0.348. The van der Waals surface area contributed by atoms with E-state index in [9.17, 15) is 13.2 Å². The quantitative estimate of drug-likeness (QED) is 0.505. The SMILES string of the molecule is O=C(CN(Cc1ccco1)Cc1cccs1)Nc1ccc(S(=O)(=O)N2CCCCC2)cc1. The molecule has 1 aromatic carbocycles. The number of nitrogens with zero attached hydrogens (tertiary/aromatic N) is 2. The van der Waals surface area contributed by atoms with Gasteiger partial charge in [0.05, 0.1) is 24.2 Å². The predicted octanol–water partition coefficient (Wildman–Crippen LogP) is 4.16. The molecule has 0 aliphatic carbocycles. The predicted molar refractivity (Wildman–Crippen MR) is 125 cm³/mol. The molecule has 1 N–H and O–H groups in total. The zero-order chi connectivity index (χ0) is 22.4. The maximum absolute atomic E-state index is 12.8. The van der Waals surface area contributed by atoms with Crippen LogP contribution in [0.1, 0.15) is 29.9 Å². The number of rotatable bonds is 9. The van der Waals surface area contributed by atoms with Gasteiger partial charge in [0.25, 0.3) is 0 Å². The van der Waals surface area contributed by atoms with Crippen LogP contribution in [0, 0.1) is 0 Å². The summed E-state index contributed by atoms with van der Waals surface area (Å²) in [6, 6.07) is 14.2. The Morgan fingerprint density at radius 1 is 1.03 bits per heavy atom. The number of sulfonamides is 1. The molecule has 0 saturated carbocycles. The number of carbonyl (C=O) groups is 1. The van der Waals surface area contributed by atoms with Crippen molar-refractivity contribution in [3.8, 4) is 0 Å². The van der Waals surface area contributed by atoms with Gasteiger partial charge in [-0.25, -0.2) is 8.42 Å². The first-order valence-electron chi connectivity index (χ1n) is 10.7. The van der Waals surface area contributed by atoms with Crippen LogP contribution in [0.4, 0.5) is 5.69 Å². The van der Waals surface area contributed by atoms with Crippen molar-refractivity contribution in [2.75, 3.05) is 25.0 Å². The molecule has 3 heterocycles. The zero-order valence-corrected chi connectivity index (χ0v) is 19.4. The maximum Gasteiger partial charge on any atom is 0.243 e. The molecule has 0 unspecified atom stereocenters. The second kappa shape index (κ2) is 10.4. The Morgan fingerprint density at radius 3 is 2.47 bits per heavy atom. The van der Waals surface area contributed by atoms with Gasteiger partial charge in [0.2, 0.25) is 15.9 Å². The van der Waals surface area contributed by atoms with Crippen LogP contribution < -0.4 is 5.32 Å². The number of carbonyl (C=O) groups excluding carboxylic acids is 1. The van der Waals surface area contributed by atoms with E-state index in [0.29, 0.717) is 31.9 Å². The van der Waals surface area contributed by atoms with Crippen molar-refractivity contribution in [1.82, 2.24) is 9.21 Å². The van der Waals surface area contributed by atoms with Gasteiger partial charge in [-0.15, -0.1) is 11.3 Å². The molecular formula is C23H27N3O4S2. The van der Waals surface area contributed by atoms with Crippen LogP contribution >= 0.6 is 11.3 Å². The fourth-order valence-electron chi connectivity index (χ4n) is 3.78. The zero-order valence-electron chi connectivity index (χ0n) is 17.8. The van der Waals surface area contributed by atoms with Crippen molar-refractivity contribution in [3.63, 3.8) is 0 Å². The first kappa shape index (κ1) is 22.7.